The topological polar surface area (TPSA) is 133 Å². The molecule has 0 fully saturated rings. The second-order valence-corrected chi connectivity index (χ2v) is 5.87. The van der Waals surface area contributed by atoms with Crippen LogP contribution in [0.25, 0.3) is 0 Å². The number of rotatable bonds is 5. The number of aromatic hydroxyl groups is 1. The summed E-state index contributed by atoms with van der Waals surface area (Å²) >= 11 is 0. The van der Waals surface area contributed by atoms with Crippen molar-refractivity contribution in [2.45, 2.75) is 6.92 Å². The summed E-state index contributed by atoms with van der Waals surface area (Å²) < 4.78 is 15.2. The van der Waals surface area contributed by atoms with Crippen LogP contribution in [0.1, 0.15) is 21.5 Å². The normalized spacial score (nSPS) is 11.1. The molecule has 0 atom stereocenters. The summed E-state index contributed by atoms with van der Waals surface area (Å²) in [5.74, 6) is -2.08. The highest BCUT2D eigenvalue weighted by atomic mass is 31.2. The standard InChI is InChI=1S/C14H12NO7P/c1-8-2-4-9(5-3-8)13(16)10-6-11(15-18)14(17)12(7-10)22-23(19,20)21/h2-7,17H,1H3,(H2,19,20,21). The van der Waals surface area contributed by atoms with Crippen LogP contribution < -0.4 is 4.52 Å². The summed E-state index contributed by atoms with van der Waals surface area (Å²) in [4.78, 5) is 40.8. The summed E-state index contributed by atoms with van der Waals surface area (Å²) in [5.41, 5.74) is 0.560. The van der Waals surface area contributed by atoms with Gasteiger partial charge in [-0.2, -0.15) is 0 Å². The highest BCUT2D eigenvalue weighted by molar-refractivity contribution is 7.46. The number of benzene rings is 2. The average molecular weight is 337 g/mol. The molecule has 3 N–H and O–H groups in total. The molecule has 0 aliphatic carbocycles. The second kappa shape index (κ2) is 6.29. The number of aryl methyl sites for hydroxylation is 1. The van der Waals surface area contributed by atoms with Gasteiger partial charge in [0.05, 0.1) is 0 Å². The summed E-state index contributed by atoms with van der Waals surface area (Å²) in [5, 5.41) is 12.2. The Hall–Kier alpha value is -2.54. The maximum absolute atomic E-state index is 12.4. The molecule has 0 spiro atoms. The number of phenolic OH excluding ortho intramolecular Hbond substituents is 1. The van der Waals surface area contributed by atoms with Crippen LogP contribution in [-0.2, 0) is 4.57 Å². The fourth-order valence-electron chi connectivity index (χ4n) is 1.86. The summed E-state index contributed by atoms with van der Waals surface area (Å²) in [6, 6.07) is 8.48. The van der Waals surface area contributed by atoms with E-state index in [-0.39, 0.29) is 5.56 Å². The minimum absolute atomic E-state index is 0.107. The van der Waals surface area contributed by atoms with Gasteiger partial charge in [0.25, 0.3) is 0 Å². The molecule has 9 heteroatoms. The SMILES string of the molecule is Cc1ccc(C(=O)c2cc(N=O)c(O)c(OP(=O)(O)O)c2)cc1. The molecule has 2 aromatic rings. The van der Waals surface area contributed by atoms with Crippen LogP contribution in [0, 0.1) is 11.8 Å². The molecule has 0 amide bonds. The molecular formula is C14H12NO7P. The number of hydrogen-bond acceptors (Lipinski definition) is 6. The van der Waals surface area contributed by atoms with Gasteiger partial charge in [0, 0.05) is 11.1 Å². The van der Waals surface area contributed by atoms with Crippen molar-refractivity contribution >= 4 is 19.3 Å². The number of nitrogens with zero attached hydrogens (tertiary/aromatic N) is 1. The molecule has 0 saturated carbocycles. The Morgan fingerprint density at radius 3 is 2.26 bits per heavy atom. The van der Waals surface area contributed by atoms with Gasteiger partial charge >= 0.3 is 7.82 Å². The predicted octanol–water partition coefficient (Wildman–Crippen LogP) is 2.80. The molecule has 120 valence electrons. The van der Waals surface area contributed by atoms with E-state index in [9.17, 15) is 19.4 Å². The Labute approximate surface area is 130 Å². The van der Waals surface area contributed by atoms with Gasteiger partial charge in [-0.15, -0.1) is 4.91 Å². The van der Waals surface area contributed by atoms with Gasteiger partial charge in [0.15, 0.2) is 23.0 Å². The largest absolute Gasteiger partial charge is 0.524 e. The first-order valence-corrected chi connectivity index (χ1v) is 7.81. The molecule has 2 aromatic carbocycles. The van der Waals surface area contributed by atoms with E-state index in [0.717, 1.165) is 17.7 Å². The third-order valence-electron chi connectivity index (χ3n) is 2.95. The van der Waals surface area contributed by atoms with Crippen molar-refractivity contribution in [1.29, 1.82) is 0 Å². The molecule has 0 bridgehead atoms. The smallest absolute Gasteiger partial charge is 0.503 e. The maximum Gasteiger partial charge on any atom is 0.524 e. The lowest BCUT2D eigenvalue weighted by atomic mass is 10.0. The first-order chi connectivity index (χ1) is 10.7. The molecule has 23 heavy (non-hydrogen) atoms. The Kier molecular flexibility index (Phi) is 4.60. The van der Waals surface area contributed by atoms with Crippen molar-refractivity contribution < 1.29 is 28.8 Å². The Morgan fingerprint density at radius 1 is 1.13 bits per heavy atom. The zero-order valence-corrected chi connectivity index (χ0v) is 12.7. The van der Waals surface area contributed by atoms with Crippen molar-refractivity contribution in [3.63, 3.8) is 0 Å². The zero-order chi connectivity index (χ0) is 17.2. The second-order valence-electron chi connectivity index (χ2n) is 4.71. The zero-order valence-electron chi connectivity index (χ0n) is 11.8. The fourth-order valence-corrected chi connectivity index (χ4v) is 2.26. The highest BCUT2D eigenvalue weighted by Gasteiger charge is 2.23. The van der Waals surface area contributed by atoms with Gasteiger partial charge in [0.1, 0.15) is 0 Å². The van der Waals surface area contributed by atoms with Crippen molar-refractivity contribution in [3.05, 3.63) is 58.0 Å². The lowest BCUT2D eigenvalue weighted by molar-refractivity contribution is 0.103. The van der Waals surface area contributed by atoms with Gasteiger partial charge in [-0.3, -0.25) is 14.6 Å². The number of ketones is 1. The maximum atomic E-state index is 12.4. The first kappa shape index (κ1) is 16.8. The van der Waals surface area contributed by atoms with Crippen molar-refractivity contribution in [2.75, 3.05) is 0 Å². The third-order valence-corrected chi connectivity index (χ3v) is 3.38. The number of phosphoric acid groups is 1. The Balaban J connectivity index is 2.51. The summed E-state index contributed by atoms with van der Waals surface area (Å²) in [6.07, 6.45) is 0. The number of phosphoric ester groups is 1. The van der Waals surface area contributed by atoms with Gasteiger partial charge in [0.2, 0.25) is 0 Å². The van der Waals surface area contributed by atoms with Crippen LogP contribution in [0.3, 0.4) is 0 Å². The molecule has 0 aliphatic rings. The molecule has 0 unspecified atom stereocenters. The van der Waals surface area contributed by atoms with Crippen molar-refractivity contribution in [1.82, 2.24) is 0 Å². The predicted molar refractivity (Wildman–Crippen MR) is 80.8 cm³/mol. The highest BCUT2D eigenvalue weighted by Crippen LogP contribution is 2.46. The monoisotopic (exact) mass is 337 g/mol. The minimum Gasteiger partial charge on any atom is -0.503 e. The van der Waals surface area contributed by atoms with E-state index >= 15 is 0 Å². The van der Waals surface area contributed by atoms with Gasteiger partial charge < -0.3 is 9.63 Å². The number of carbonyl (C=O) groups excluding carboxylic acids is 1. The van der Waals surface area contributed by atoms with Crippen molar-refractivity contribution in [2.24, 2.45) is 5.18 Å². The van der Waals surface area contributed by atoms with E-state index in [1.165, 1.54) is 0 Å². The number of phenols is 1. The van der Waals surface area contributed by atoms with Crippen LogP contribution in [-0.4, -0.2) is 20.7 Å². The lowest BCUT2D eigenvalue weighted by Gasteiger charge is -2.11. The molecule has 0 radical (unpaired) electrons. The van der Waals surface area contributed by atoms with E-state index in [1.54, 1.807) is 24.3 Å². The minimum atomic E-state index is -4.99. The van der Waals surface area contributed by atoms with E-state index < -0.39 is 30.8 Å². The summed E-state index contributed by atoms with van der Waals surface area (Å²) in [7, 11) is -4.99. The van der Waals surface area contributed by atoms with E-state index in [0.29, 0.717) is 5.56 Å². The van der Waals surface area contributed by atoms with Crippen LogP contribution in [0.15, 0.2) is 41.6 Å². The number of carbonyl (C=O) groups is 1. The Morgan fingerprint density at radius 2 is 1.74 bits per heavy atom. The first-order valence-electron chi connectivity index (χ1n) is 6.28. The van der Waals surface area contributed by atoms with E-state index in [4.69, 9.17) is 9.79 Å². The van der Waals surface area contributed by atoms with Gasteiger partial charge in [-0.1, -0.05) is 29.8 Å². The summed E-state index contributed by atoms with van der Waals surface area (Å²) in [6.45, 7) is 1.84. The number of hydrogen-bond donors (Lipinski definition) is 3. The molecule has 0 aliphatic heterocycles. The molecule has 8 nitrogen and oxygen atoms in total. The number of nitroso groups, excluding NO2 is 1. The lowest BCUT2D eigenvalue weighted by Crippen LogP contribution is -2.02. The van der Waals surface area contributed by atoms with Crippen LogP contribution in [0.5, 0.6) is 11.5 Å². The quantitative estimate of drug-likeness (QED) is 0.434. The van der Waals surface area contributed by atoms with Crippen molar-refractivity contribution in [3.8, 4) is 11.5 Å². The molecular weight excluding hydrogens is 325 g/mol. The molecule has 2 rings (SSSR count). The van der Waals surface area contributed by atoms with Crippen LogP contribution >= 0.6 is 7.82 Å². The molecule has 0 saturated heterocycles. The average Bonchev–Trinajstić information content (AvgIpc) is 2.48. The Bertz CT molecular complexity index is 811. The van der Waals surface area contributed by atoms with Gasteiger partial charge in [-0.25, -0.2) is 4.57 Å². The molecule has 0 heterocycles. The van der Waals surface area contributed by atoms with Crippen LogP contribution in [0.2, 0.25) is 0 Å². The molecule has 0 aromatic heterocycles. The van der Waals surface area contributed by atoms with E-state index in [1.807, 2.05) is 6.92 Å². The third kappa shape index (κ3) is 4.01. The fraction of sp³-hybridized carbons (Fsp3) is 0.0714. The van der Waals surface area contributed by atoms with Gasteiger partial charge in [-0.05, 0) is 24.2 Å². The van der Waals surface area contributed by atoms with E-state index in [2.05, 4.69) is 9.70 Å². The van der Waals surface area contributed by atoms with Crippen LogP contribution in [0.4, 0.5) is 5.69 Å².